The Morgan fingerprint density at radius 1 is 1.46 bits per heavy atom. The van der Waals surface area contributed by atoms with Crippen LogP contribution in [0.1, 0.15) is 19.3 Å². The van der Waals surface area contributed by atoms with Gasteiger partial charge in [-0.3, -0.25) is 0 Å². The Morgan fingerprint density at radius 2 is 2.15 bits per heavy atom. The number of rotatable bonds is 5. The zero-order valence-corrected chi connectivity index (χ0v) is 9.53. The summed E-state index contributed by atoms with van der Waals surface area (Å²) in [5.74, 6) is 3.64. The molecule has 0 radical (unpaired) electrons. The summed E-state index contributed by atoms with van der Waals surface area (Å²) >= 11 is 2.10. The van der Waals surface area contributed by atoms with E-state index in [1.54, 1.807) is 7.11 Å². The van der Waals surface area contributed by atoms with Crippen molar-refractivity contribution in [1.29, 1.82) is 0 Å². The zero-order valence-electron chi connectivity index (χ0n) is 8.71. The lowest BCUT2D eigenvalue weighted by atomic mass is 9.95. The Balaban J connectivity index is 2.18. The van der Waals surface area contributed by atoms with Crippen LogP contribution in [0.4, 0.5) is 0 Å². The molecule has 3 heteroatoms. The number of thioether (sulfide) groups is 1. The maximum absolute atomic E-state index is 5.17. The topological polar surface area (TPSA) is 21.3 Å². The van der Waals surface area contributed by atoms with Crippen molar-refractivity contribution in [3.8, 4) is 0 Å². The smallest absolute Gasteiger partial charge is 0.0615 e. The standard InChI is InChI=1S/C10H21NOS/c1-11-10(8-12-2)7-9-3-5-13-6-4-9/h9-11H,3-8H2,1-2H3. The second-order valence-corrected chi connectivity index (χ2v) is 4.96. The summed E-state index contributed by atoms with van der Waals surface area (Å²) in [6.07, 6.45) is 4.07. The van der Waals surface area contributed by atoms with Crippen LogP contribution in [0.25, 0.3) is 0 Å². The van der Waals surface area contributed by atoms with Crippen LogP contribution in [-0.2, 0) is 4.74 Å². The fourth-order valence-electron chi connectivity index (χ4n) is 1.85. The molecule has 1 fully saturated rings. The summed E-state index contributed by atoms with van der Waals surface area (Å²) in [5.41, 5.74) is 0. The third kappa shape index (κ3) is 4.34. The molecular formula is C10H21NOS. The maximum atomic E-state index is 5.17. The lowest BCUT2D eigenvalue weighted by Crippen LogP contribution is -2.33. The molecule has 1 N–H and O–H groups in total. The minimum absolute atomic E-state index is 0.554. The molecule has 0 aromatic heterocycles. The van der Waals surface area contributed by atoms with Gasteiger partial charge in [-0.15, -0.1) is 0 Å². The van der Waals surface area contributed by atoms with E-state index in [0.717, 1.165) is 12.5 Å². The molecule has 0 amide bonds. The number of methoxy groups -OCH3 is 1. The van der Waals surface area contributed by atoms with Crippen LogP contribution in [0.5, 0.6) is 0 Å². The van der Waals surface area contributed by atoms with Crippen LogP contribution in [0.15, 0.2) is 0 Å². The van der Waals surface area contributed by atoms with E-state index in [9.17, 15) is 0 Å². The summed E-state index contributed by atoms with van der Waals surface area (Å²) in [7, 11) is 3.81. The van der Waals surface area contributed by atoms with E-state index in [-0.39, 0.29) is 0 Å². The first-order chi connectivity index (χ1) is 6.36. The number of nitrogens with one attached hydrogen (secondary N) is 1. The molecule has 0 saturated carbocycles. The Bertz CT molecular complexity index is 123. The normalized spacial score (nSPS) is 21.7. The van der Waals surface area contributed by atoms with Gasteiger partial charge in [-0.2, -0.15) is 11.8 Å². The quantitative estimate of drug-likeness (QED) is 0.735. The third-order valence-corrected chi connectivity index (χ3v) is 3.78. The fraction of sp³-hybridized carbons (Fsp3) is 1.00. The van der Waals surface area contributed by atoms with Crippen LogP contribution in [0, 0.1) is 5.92 Å². The molecule has 2 nitrogen and oxygen atoms in total. The summed E-state index contributed by atoms with van der Waals surface area (Å²) in [6, 6.07) is 0.554. The van der Waals surface area contributed by atoms with Crippen LogP contribution in [0.2, 0.25) is 0 Å². The molecular weight excluding hydrogens is 182 g/mol. The van der Waals surface area contributed by atoms with Gasteiger partial charge < -0.3 is 10.1 Å². The molecule has 0 bridgehead atoms. The minimum atomic E-state index is 0.554. The van der Waals surface area contributed by atoms with Gasteiger partial charge in [0.2, 0.25) is 0 Å². The largest absolute Gasteiger partial charge is 0.383 e. The third-order valence-electron chi connectivity index (χ3n) is 2.73. The van der Waals surface area contributed by atoms with Crippen molar-refractivity contribution in [2.75, 3.05) is 32.3 Å². The highest BCUT2D eigenvalue weighted by Crippen LogP contribution is 2.26. The van der Waals surface area contributed by atoms with Gasteiger partial charge in [-0.05, 0) is 43.7 Å². The Hall–Kier alpha value is 0.270. The predicted molar refractivity (Wildman–Crippen MR) is 59.4 cm³/mol. The van der Waals surface area contributed by atoms with Crippen molar-refractivity contribution in [3.63, 3.8) is 0 Å². The van der Waals surface area contributed by atoms with Crippen molar-refractivity contribution in [2.24, 2.45) is 5.92 Å². The average Bonchev–Trinajstić information content (AvgIpc) is 2.19. The Morgan fingerprint density at radius 3 is 2.69 bits per heavy atom. The molecule has 0 aromatic rings. The molecule has 1 unspecified atom stereocenters. The van der Waals surface area contributed by atoms with Gasteiger partial charge in [0.25, 0.3) is 0 Å². The highest BCUT2D eigenvalue weighted by molar-refractivity contribution is 7.99. The number of hydrogen-bond acceptors (Lipinski definition) is 3. The van der Waals surface area contributed by atoms with Gasteiger partial charge in [0.1, 0.15) is 0 Å². The van der Waals surface area contributed by atoms with E-state index < -0.39 is 0 Å². The molecule has 1 saturated heterocycles. The molecule has 1 rings (SSSR count). The summed E-state index contributed by atoms with van der Waals surface area (Å²) < 4.78 is 5.17. The molecule has 1 aliphatic heterocycles. The monoisotopic (exact) mass is 203 g/mol. The SMILES string of the molecule is CNC(COC)CC1CCSCC1. The molecule has 0 aromatic carbocycles. The molecule has 0 spiro atoms. The van der Waals surface area contributed by atoms with Crippen LogP contribution in [0.3, 0.4) is 0 Å². The summed E-state index contributed by atoms with van der Waals surface area (Å²) in [4.78, 5) is 0. The van der Waals surface area contributed by atoms with E-state index in [1.807, 2.05) is 7.05 Å². The first-order valence-electron chi connectivity index (χ1n) is 5.10. The average molecular weight is 203 g/mol. The van der Waals surface area contributed by atoms with E-state index in [1.165, 1.54) is 30.8 Å². The highest BCUT2D eigenvalue weighted by Gasteiger charge is 2.17. The van der Waals surface area contributed by atoms with Crippen molar-refractivity contribution in [2.45, 2.75) is 25.3 Å². The van der Waals surface area contributed by atoms with Crippen molar-refractivity contribution in [3.05, 3.63) is 0 Å². The van der Waals surface area contributed by atoms with E-state index >= 15 is 0 Å². The predicted octanol–water partition coefficient (Wildman–Crippen LogP) is 1.75. The Labute approximate surface area is 85.8 Å². The van der Waals surface area contributed by atoms with Crippen LogP contribution < -0.4 is 5.32 Å². The molecule has 1 aliphatic rings. The Kier molecular flexibility index (Phi) is 5.83. The van der Waals surface area contributed by atoms with Gasteiger partial charge in [0.05, 0.1) is 6.61 Å². The second kappa shape index (κ2) is 6.68. The van der Waals surface area contributed by atoms with Gasteiger partial charge in [-0.25, -0.2) is 0 Å². The first-order valence-corrected chi connectivity index (χ1v) is 6.26. The first kappa shape index (κ1) is 11.3. The molecule has 78 valence electrons. The van der Waals surface area contributed by atoms with E-state index in [2.05, 4.69) is 17.1 Å². The van der Waals surface area contributed by atoms with Gasteiger partial charge in [0, 0.05) is 13.2 Å². The van der Waals surface area contributed by atoms with Crippen molar-refractivity contribution in [1.82, 2.24) is 5.32 Å². The van der Waals surface area contributed by atoms with E-state index in [4.69, 9.17) is 4.74 Å². The number of hydrogen-bond donors (Lipinski definition) is 1. The molecule has 0 aliphatic carbocycles. The molecule has 13 heavy (non-hydrogen) atoms. The van der Waals surface area contributed by atoms with E-state index in [0.29, 0.717) is 6.04 Å². The second-order valence-electron chi connectivity index (χ2n) is 3.73. The van der Waals surface area contributed by atoms with Gasteiger partial charge >= 0.3 is 0 Å². The number of likely N-dealkylation sites (N-methyl/N-ethyl adjacent to an activating group) is 1. The summed E-state index contributed by atoms with van der Waals surface area (Å²) in [6.45, 7) is 0.847. The molecule has 1 atom stereocenters. The van der Waals surface area contributed by atoms with Crippen molar-refractivity contribution < 1.29 is 4.74 Å². The van der Waals surface area contributed by atoms with Crippen LogP contribution >= 0.6 is 11.8 Å². The summed E-state index contributed by atoms with van der Waals surface area (Å²) in [5, 5.41) is 3.32. The lowest BCUT2D eigenvalue weighted by Gasteiger charge is -2.25. The minimum Gasteiger partial charge on any atom is -0.383 e. The maximum Gasteiger partial charge on any atom is 0.0615 e. The van der Waals surface area contributed by atoms with Gasteiger partial charge in [0.15, 0.2) is 0 Å². The highest BCUT2D eigenvalue weighted by atomic mass is 32.2. The van der Waals surface area contributed by atoms with Crippen LogP contribution in [-0.4, -0.2) is 38.3 Å². The molecule has 1 heterocycles. The van der Waals surface area contributed by atoms with Crippen molar-refractivity contribution >= 4 is 11.8 Å². The van der Waals surface area contributed by atoms with Gasteiger partial charge in [-0.1, -0.05) is 0 Å². The zero-order chi connectivity index (χ0) is 9.52. The lowest BCUT2D eigenvalue weighted by molar-refractivity contribution is 0.156. The number of ether oxygens (including phenoxy) is 1. The fourth-order valence-corrected chi connectivity index (χ4v) is 3.06.